The van der Waals surface area contributed by atoms with Crippen molar-refractivity contribution in [2.75, 3.05) is 13.1 Å². The summed E-state index contributed by atoms with van der Waals surface area (Å²) in [5.41, 5.74) is 1.15. The minimum Gasteiger partial charge on any atom is -0.506 e. The summed E-state index contributed by atoms with van der Waals surface area (Å²) in [7, 11) is 0. The van der Waals surface area contributed by atoms with Crippen LogP contribution in [-0.2, 0) is 9.59 Å². The Labute approximate surface area is 189 Å². The lowest BCUT2D eigenvalue weighted by Gasteiger charge is -2.45. The van der Waals surface area contributed by atoms with Crippen LogP contribution in [0.1, 0.15) is 60.0 Å². The number of likely N-dealkylation sites (tertiary alicyclic amines) is 1. The number of phenolic OH excluding ortho intramolecular Hbond substituents is 1. The molecule has 8 heteroatoms. The maximum atomic E-state index is 13.1. The summed E-state index contributed by atoms with van der Waals surface area (Å²) in [5, 5.41) is 10.0. The molecule has 0 saturated carbocycles. The van der Waals surface area contributed by atoms with Crippen LogP contribution in [0.25, 0.3) is 0 Å². The van der Waals surface area contributed by atoms with Crippen LogP contribution in [0.3, 0.4) is 0 Å². The smallest absolute Gasteiger partial charge is 0.312 e. The van der Waals surface area contributed by atoms with Crippen molar-refractivity contribution in [3.63, 3.8) is 0 Å². The summed E-state index contributed by atoms with van der Waals surface area (Å²) < 4.78 is 12.1. The molecule has 0 unspecified atom stereocenters. The van der Waals surface area contributed by atoms with Gasteiger partial charge in [-0.2, -0.15) is 0 Å². The first-order valence-electron chi connectivity index (χ1n) is 10.6. The van der Waals surface area contributed by atoms with Gasteiger partial charge in [-0.15, -0.1) is 0 Å². The van der Waals surface area contributed by atoms with Crippen LogP contribution in [0.2, 0.25) is 5.02 Å². The van der Waals surface area contributed by atoms with Gasteiger partial charge in [0.05, 0.1) is 23.4 Å². The number of nitrogens with zero attached hydrogens (tertiary/aromatic N) is 1. The highest BCUT2D eigenvalue weighted by Crippen LogP contribution is 2.50. The van der Waals surface area contributed by atoms with E-state index in [1.165, 1.54) is 13.0 Å². The van der Waals surface area contributed by atoms with E-state index in [9.17, 15) is 19.5 Å². The Morgan fingerprint density at radius 1 is 1.19 bits per heavy atom. The molecule has 1 amide bonds. The molecule has 2 aromatic carbocycles. The summed E-state index contributed by atoms with van der Waals surface area (Å²) in [6.07, 6.45) is 1.42. The van der Waals surface area contributed by atoms with E-state index in [4.69, 9.17) is 21.1 Å². The van der Waals surface area contributed by atoms with E-state index < -0.39 is 17.5 Å². The van der Waals surface area contributed by atoms with Gasteiger partial charge < -0.3 is 19.5 Å². The van der Waals surface area contributed by atoms with E-state index in [1.807, 2.05) is 0 Å². The van der Waals surface area contributed by atoms with Crippen LogP contribution in [0.15, 0.2) is 30.3 Å². The number of amides is 1. The summed E-state index contributed by atoms with van der Waals surface area (Å²) >= 11 is 6.14. The Hall–Kier alpha value is -3.06. The number of fused-ring (bicyclic) bond motifs is 3. The van der Waals surface area contributed by atoms with Crippen LogP contribution in [0.4, 0.5) is 0 Å². The fraction of sp³-hybridized carbons (Fsp3) is 0.375. The molecule has 1 saturated heterocycles. The number of hydrogen-bond acceptors (Lipinski definition) is 6. The molecular weight excluding hydrogens is 434 g/mol. The molecule has 3 aliphatic heterocycles. The standard InChI is InChI=1S/C24H22ClNO6/c1-13(27)26-8-6-24(7-9-26)12-19(29)15-3-5-20-22(23(15)32-24)16(11-21(30)31-20)14-2-4-18(28)17(25)10-14/h2-5,10,16,28H,6-9,11-12H2,1H3/t16-/m1/s1. The topological polar surface area (TPSA) is 93.1 Å². The second kappa shape index (κ2) is 7.52. The van der Waals surface area contributed by atoms with Crippen molar-refractivity contribution >= 4 is 29.3 Å². The molecule has 5 rings (SSSR count). The number of piperidine rings is 1. The SMILES string of the molecule is CC(=O)N1CCC2(CC1)CC(=O)c1ccc3c(c1O2)[C@@H](c1ccc(O)c(Cl)c1)CC(=O)O3. The Kier molecular flexibility index (Phi) is 4.89. The molecule has 0 aliphatic carbocycles. The molecule has 0 radical (unpaired) electrons. The van der Waals surface area contributed by atoms with Gasteiger partial charge in [0.25, 0.3) is 0 Å². The first-order chi connectivity index (χ1) is 15.3. The molecule has 1 atom stereocenters. The maximum Gasteiger partial charge on any atom is 0.312 e. The van der Waals surface area contributed by atoms with Crippen molar-refractivity contribution in [2.45, 2.75) is 44.1 Å². The third kappa shape index (κ3) is 3.41. The maximum absolute atomic E-state index is 13.1. The van der Waals surface area contributed by atoms with Crippen molar-refractivity contribution in [3.8, 4) is 17.2 Å². The Bertz CT molecular complexity index is 1150. The number of carbonyl (C=O) groups excluding carboxylic acids is 3. The average molecular weight is 456 g/mol. The molecular formula is C24H22ClNO6. The van der Waals surface area contributed by atoms with Gasteiger partial charge in [0, 0.05) is 44.3 Å². The highest BCUT2D eigenvalue weighted by atomic mass is 35.5. The highest BCUT2D eigenvalue weighted by Gasteiger charge is 2.46. The minimum atomic E-state index is -0.691. The first kappa shape index (κ1) is 20.8. The number of Topliss-reactive ketones (excluding diaryl/α,β-unsaturated/α-hetero) is 1. The van der Waals surface area contributed by atoms with Gasteiger partial charge in [-0.25, -0.2) is 0 Å². The number of esters is 1. The summed E-state index contributed by atoms with van der Waals surface area (Å²) in [5.74, 6) is -0.0813. The average Bonchev–Trinajstić information content (AvgIpc) is 2.75. The van der Waals surface area contributed by atoms with Gasteiger partial charge in [0.1, 0.15) is 22.8 Å². The fourth-order valence-electron chi connectivity index (χ4n) is 4.94. The predicted molar refractivity (Wildman–Crippen MR) is 115 cm³/mol. The van der Waals surface area contributed by atoms with E-state index in [2.05, 4.69) is 0 Å². The van der Waals surface area contributed by atoms with Crippen LogP contribution < -0.4 is 9.47 Å². The number of carbonyl (C=O) groups is 3. The second-order valence-electron chi connectivity index (χ2n) is 8.69. The molecule has 0 bridgehead atoms. The molecule has 1 N–H and O–H groups in total. The summed E-state index contributed by atoms with van der Waals surface area (Å²) in [6.45, 7) is 2.59. The molecule has 7 nitrogen and oxygen atoms in total. The molecule has 3 heterocycles. The second-order valence-corrected chi connectivity index (χ2v) is 9.09. The summed E-state index contributed by atoms with van der Waals surface area (Å²) in [4.78, 5) is 39.0. The summed E-state index contributed by atoms with van der Waals surface area (Å²) in [6, 6.07) is 8.09. The van der Waals surface area contributed by atoms with E-state index in [0.717, 1.165) is 5.56 Å². The molecule has 1 fully saturated rings. The third-order valence-corrected chi connectivity index (χ3v) is 7.00. The Balaban J connectivity index is 1.59. The number of ketones is 1. The van der Waals surface area contributed by atoms with Crippen molar-refractivity contribution in [1.82, 2.24) is 4.90 Å². The molecule has 3 aliphatic rings. The Morgan fingerprint density at radius 2 is 1.94 bits per heavy atom. The lowest BCUT2D eigenvalue weighted by atomic mass is 9.79. The van der Waals surface area contributed by atoms with Gasteiger partial charge in [-0.05, 0) is 29.8 Å². The van der Waals surface area contributed by atoms with Crippen molar-refractivity contribution in [1.29, 1.82) is 0 Å². The molecule has 166 valence electrons. The van der Waals surface area contributed by atoms with Crippen molar-refractivity contribution in [2.24, 2.45) is 0 Å². The Morgan fingerprint density at radius 3 is 2.62 bits per heavy atom. The van der Waals surface area contributed by atoms with Gasteiger partial charge in [0.2, 0.25) is 5.91 Å². The van der Waals surface area contributed by atoms with E-state index in [1.54, 1.807) is 29.2 Å². The van der Waals surface area contributed by atoms with Gasteiger partial charge in [0.15, 0.2) is 5.78 Å². The number of halogens is 1. The van der Waals surface area contributed by atoms with Crippen LogP contribution >= 0.6 is 11.6 Å². The lowest BCUT2D eigenvalue weighted by Crippen LogP contribution is -2.52. The first-order valence-corrected chi connectivity index (χ1v) is 11.0. The zero-order valence-corrected chi connectivity index (χ0v) is 18.3. The number of benzene rings is 2. The van der Waals surface area contributed by atoms with E-state index >= 15 is 0 Å². The number of phenols is 1. The predicted octanol–water partition coefficient (Wildman–Crippen LogP) is 3.83. The van der Waals surface area contributed by atoms with Gasteiger partial charge in [-0.1, -0.05) is 17.7 Å². The quantitative estimate of drug-likeness (QED) is 0.519. The zero-order chi connectivity index (χ0) is 22.6. The third-order valence-electron chi connectivity index (χ3n) is 6.69. The molecule has 1 spiro atoms. The monoisotopic (exact) mass is 455 g/mol. The largest absolute Gasteiger partial charge is 0.506 e. The number of hydrogen-bond donors (Lipinski definition) is 1. The van der Waals surface area contributed by atoms with Gasteiger partial charge >= 0.3 is 5.97 Å². The van der Waals surface area contributed by atoms with E-state index in [0.29, 0.717) is 48.6 Å². The minimum absolute atomic E-state index is 0.0101. The number of ether oxygens (including phenoxy) is 2. The number of rotatable bonds is 1. The van der Waals surface area contributed by atoms with Crippen LogP contribution in [-0.4, -0.2) is 46.4 Å². The van der Waals surface area contributed by atoms with Gasteiger partial charge in [-0.3, -0.25) is 14.4 Å². The van der Waals surface area contributed by atoms with Crippen molar-refractivity contribution in [3.05, 3.63) is 52.0 Å². The normalized spacial score (nSPS) is 21.4. The zero-order valence-electron chi connectivity index (χ0n) is 17.5. The van der Waals surface area contributed by atoms with Crippen LogP contribution in [0.5, 0.6) is 17.2 Å². The molecule has 32 heavy (non-hydrogen) atoms. The van der Waals surface area contributed by atoms with Crippen LogP contribution in [0, 0.1) is 0 Å². The molecule has 0 aromatic heterocycles. The lowest BCUT2D eigenvalue weighted by molar-refractivity contribution is -0.135. The molecule has 2 aromatic rings. The number of aromatic hydroxyl groups is 1. The van der Waals surface area contributed by atoms with Crippen molar-refractivity contribution < 1.29 is 29.0 Å². The fourth-order valence-corrected chi connectivity index (χ4v) is 5.12. The highest BCUT2D eigenvalue weighted by molar-refractivity contribution is 6.32. The van der Waals surface area contributed by atoms with E-state index in [-0.39, 0.29) is 35.3 Å².